The van der Waals surface area contributed by atoms with Crippen molar-refractivity contribution >= 4 is 11.8 Å². The van der Waals surface area contributed by atoms with Gasteiger partial charge >= 0.3 is 6.09 Å². The number of nitrogens with zero attached hydrogens (tertiary/aromatic N) is 6. The summed E-state index contributed by atoms with van der Waals surface area (Å²) in [4.78, 5) is 18.9. The number of aryl methyl sites for hydroxylation is 1. The Labute approximate surface area is 165 Å². The zero-order valence-corrected chi connectivity index (χ0v) is 15.9. The summed E-state index contributed by atoms with van der Waals surface area (Å²) in [6, 6.07) is 7.99. The van der Waals surface area contributed by atoms with Crippen molar-refractivity contribution in [2.75, 3.05) is 25.1 Å². The van der Waals surface area contributed by atoms with Gasteiger partial charge in [0.15, 0.2) is 0 Å². The molecule has 3 N–H and O–H groups in total. The van der Waals surface area contributed by atoms with Gasteiger partial charge in [0, 0.05) is 31.0 Å². The van der Waals surface area contributed by atoms with E-state index in [9.17, 15) is 9.18 Å². The fourth-order valence-electron chi connectivity index (χ4n) is 2.83. The van der Waals surface area contributed by atoms with Crippen LogP contribution in [0.4, 0.5) is 14.9 Å². The molecule has 3 heterocycles. The van der Waals surface area contributed by atoms with E-state index in [4.69, 9.17) is 15.6 Å². The number of pyridine rings is 1. The maximum absolute atomic E-state index is 14.7. The highest BCUT2D eigenvalue weighted by Gasteiger charge is 2.31. The molecule has 1 saturated heterocycles. The summed E-state index contributed by atoms with van der Waals surface area (Å²) in [6.45, 7) is 0.525. The Hall–Kier alpha value is -3.44. The molecule has 1 fully saturated rings. The molecule has 152 valence electrons. The number of aromatic nitrogens is 5. The largest absolute Gasteiger partial charge is 0.443 e. The molecule has 2 aromatic heterocycles. The topological polar surface area (TPSA) is 132 Å². The Balaban J connectivity index is 0.00000117. The van der Waals surface area contributed by atoms with E-state index in [0.29, 0.717) is 34.9 Å². The van der Waals surface area contributed by atoms with Crippen LogP contribution in [0.15, 0.2) is 36.5 Å². The normalized spacial score (nSPS) is 15.7. The second-order valence-electron chi connectivity index (χ2n) is 6.05. The number of rotatable bonds is 4. The first-order valence-electron chi connectivity index (χ1n) is 8.68. The molecule has 1 atom stereocenters. The lowest BCUT2D eigenvalue weighted by atomic mass is 10.1. The van der Waals surface area contributed by atoms with E-state index < -0.39 is 11.9 Å². The van der Waals surface area contributed by atoms with Gasteiger partial charge in [0.25, 0.3) is 0 Å². The Morgan fingerprint density at radius 2 is 2.10 bits per heavy atom. The predicted molar refractivity (Wildman–Crippen MR) is 102 cm³/mol. The van der Waals surface area contributed by atoms with Crippen molar-refractivity contribution in [2.24, 2.45) is 12.8 Å². The number of halogens is 1. The quantitative estimate of drug-likeness (QED) is 0.661. The lowest BCUT2D eigenvalue weighted by Gasteiger charge is -2.14. The molecule has 0 bridgehead atoms. The summed E-state index contributed by atoms with van der Waals surface area (Å²) in [5, 5.41) is 18.7. The number of hydrogen-bond donors (Lipinski definition) is 2. The van der Waals surface area contributed by atoms with E-state index in [2.05, 4.69) is 20.4 Å². The molecule has 4 rings (SSSR count). The zero-order chi connectivity index (χ0) is 21.0. The number of amides is 1. The highest BCUT2D eigenvalue weighted by molar-refractivity contribution is 5.90. The third kappa shape index (κ3) is 4.20. The summed E-state index contributed by atoms with van der Waals surface area (Å²) in [7, 11) is 2.66. The number of tetrazole rings is 1. The average Bonchev–Trinajstić information content (AvgIpc) is 3.35. The van der Waals surface area contributed by atoms with E-state index in [1.165, 1.54) is 15.8 Å². The van der Waals surface area contributed by atoms with Crippen molar-refractivity contribution < 1.29 is 19.0 Å². The molecule has 10 nitrogen and oxygen atoms in total. The van der Waals surface area contributed by atoms with Crippen LogP contribution in [0.5, 0.6) is 0 Å². The first-order chi connectivity index (χ1) is 14.0. The molecule has 1 aliphatic heterocycles. The lowest BCUT2D eigenvalue weighted by Crippen LogP contribution is -2.27. The van der Waals surface area contributed by atoms with E-state index in [0.717, 1.165) is 7.11 Å². The van der Waals surface area contributed by atoms with Gasteiger partial charge in [0.05, 0.1) is 19.3 Å². The van der Waals surface area contributed by atoms with Crippen LogP contribution in [-0.4, -0.2) is 62.7 Å². The minimum atomic E-state index is -0.528. The molecule has 1 amide bonds. The number of benzene rings is 1. The number of hydrogen-bond acceptors (Lipinski definition) is 8. The highest BCUT2D eigenvalue weighted by Crippen LogP contribution is 2.29. The van der Waals surface area contributed by atoms with E-state index in [1.807, 2.05) is 0 Å². The van der Waals surface area contributed by atoms with Gasteiger partial charge in [-0.2, -0.15) is 4.80 Å². The minimum absolute atomic E-state index is 0.224. The first-order valence-corrected chi connectivity index (χ1v) is 8.68. The monoisotopic (exact) mass is 401 g/mol. The van der Waals surface area contributed by atoms with Crippen LogP contribution in [0.1, 0.15) is 0 Å². The molecule has 11 heteroatoms. The van der Waals surface area contributed by atoms with Gasteiger partial charge in [-0.3, -0.25) is 9.88 Å². The van der Waals surface area contributed by atoms with Crippen molar-refractivity contribution in [1.29, 1.82) is 0 Å². The van der Waals surface area contributed by atoms with Gasteiger partial charge in [0.1, 0.15) is 17.6 Å². The standard InChI is InChI=1S/C17H16FN7O2.CH4O/c1-24-22-16(21-23-24)15-5-2-10(8-20-15)13-4-3-11(6-14(13)18)25-9-12(7-19)27-17(25)26;1-2/h2-6,8,12H,7,9,19H2,1H3;2H,1H3. The Kier molecular flexibility index (Phi) is 6.10. The fraction of sp³-hybridized carbons (Fsp3) is 0.278. The smallest absolute Gasteiger partial charge is 0.414 e. The predicted octanol–water partition coefficient (Wildman–Crippen LogP) is 0.971. The Morgan fingerprint density at radius 3 is 2.66 bits per heavy atom. The molecule has 3 aromatic rings. The van der Waals surface area contributed by atoms with Gasteiger partial charge in [-0.15, -0.1) is 10.2 Å². The Bertz CT molecular complexity index is 993. The van der Waals surface area contributed by atoms with Crippen LogP contribution in [0.25, 0.3) is 22.6 Å². The van der Waals surface area contributed by atoms with E-state index in [1.54, 1.807) is 37.5 Å². The molecule has 0 aliphatic carbocycles. The zero-order valence-electron chi connectivity index (χ0n) is 15.9. The molecular weight excluding hydrogens is 381 g/mol. The third-order valence-corrected chi connectivity index (χ3v) is 4.21. The van der Waals surface area contributed by atoms with E-state index >= 15 is 0 Å². The SMILES string of the molecule is CO.Cn1nnc(-c2ccc(-c3ccc(N4CC(CN)OC4=O)cc3F)cn2)n1. The summed E-state index contributed by atoms with van der Waals surface area (Å²) in [6.07, 6.45) is 0.630. The molecule has 0 saturated carbocycles. The van der Waals surface area contributed by atoms with Crippen molar-refractivity contribution in [3.8, 4) is 22.6 Å². The number of aliphatic hydroxyl groups excluding tert-OH is 1. The van der Waals surface area contributed by atoms with Crippen LogP contribution < -0.4 is 10.6 Å². The van der Waals surface area contributed by atoms with E-state index in [-0.39, 0.29) is 12.6 Å². The number of carbonyl (C=O) groups excluding carboxylic acids is 1. The Morgan fingerprint density at radius 1 is 1.31 bits per heavy atom. The number of cyclic esters (lactones) is 1. The molecule has 1 unspecified atom stereocenters. The maximum Gasteiger partial charge on any atom is 0.414 e. The van der Waals surface area contributed by atoms with Crippen molar-refractivity contribution in [1.82, 2.24) is 25.2 Å². The molecule has 0 spiro atoms. The fourth-order valence-corrected chi connectivity index (χ4v) is 2.83. The van der Waals surface area contributed by atoms with Gasteiger partial charge in [0.2, 0.25) is 5.82 Å². The van der Waals surface area contributed by atoms with Crippen LogP contribution in [0.2, 0.25) is 0 Å². The molecule has 29 heavy (non-hydrogen) atoms. The van der Waals surface area contributed by atoms with Crippen LogP contribution >= 0.6 is 0 Å². The summed E-state index contributed by atoms with van der Waals surface area (Å²) in [5.74, 6) is -0.0782. The van der Waals surface area contributed by atoms with Crippen LogP contribution in [0.3, 0.4) is 0 Å². The van der Waals surface area contributed by atoms with Gasteiger partial charge in [-0.05, 0) is 29.5 Å². The van der Waals surface area contributed by atoms with Crippen molar-refractivity contribution in [3.05, 3.63) is 42.3 Å². The number of ether oxygens (including phenoxy) is 1. The average molecular weight is 401 g/mol. The maximum atomic E-state index is 14.7. The second kappa shape index (κ2) is 8.71. The number of nitrogens with two attached hydrogens (primary N) is 1. The number of carbonyl (C=O) groups is 1. The van der Waals surface area contributed by atoms with Crippen LogP contribution in [0, 0.1) is 5.82 Å². The lowest BCUT2D eigenvalue weighted by molar-refractivity contribution is 0.145. The highest BCUT2D eigenvalue weighted by atomic mass is 19.1. The summed E-state index contributed by atoms with van der Waals surface area (Å²) in [5.41, 5.74) is 7.44. The molecular formula is C18H20FN7O3. The van der Waals surface area contributed by atoms with Gasteiger partial charge in [-0.1, -0.05) is 6.07 Å². The first kappa shape index (κ1) is 20.3. The van der Waals surface area contributed by atoms with Gasteiger partial charge < -0.3 is 15.6 Å². The molecule has 0 radical (unpaired) electrons. The summed E-state index contributed by atoms with van der Waals surface area (Å²) < 4.78 is 19.8. The number of aliphatic hydroxyl groups is 1. The third-order valence-electron chi connectivity index (χ3n) is 4.21. The second-order valence-corrected chi connectivity index (χ2v) is 6.05. The minimum Gasteiger partial charge on any atom is -0.443 e. The van der Waals surface area contributed by atoms with Crippen LogP contribution in [-0.2, 0) is 11.8 Å². The van der Waals surface area contributed by atoms with Crippen molar-refractivity contribution in [2.45, 2.75) is 6.10 Å². The summed E-state index contributed by atoms with van der Waals surface area (Å²) >= 11 is 0. The van der Waals surface area contributed by atoms with Gasteiger partial charge in [-0.25, -0.2) is 9.18 Å². The van der Waals surface area contributed by atoms with Crippen molar-refractivity contribution in [3.63, 3.8) is 0 Å². The number of anilines is 1. The molecule has 1 aliphatic rings. The molecule has 1 aromatic carbocycles.